The second-order valence-corrected chi connectivity index (χ2v) is 24.2. The van der Waals surface area contributed by atoms with Crippen molar-refractivity contribution in [3.8, 4) is 22.7 Å². The lowest BCUT2D eigenvalue weighted by atomic mass is 10.1. The van der Waals surface area contributed by atoms with Gasteiger partial charge in [0, 0.05) is 65.8 Å². The Hall–Kier alpha value is -9.94. The van der Waals surface area contributed by atoms with E-state index in [1.807, 2.05) is 0 Å². The Balaban J connectivity index is 0.856. The highest BCUT2D eigenvalue weighted by molar-refractivity contribution is 7.19. The summed E-state index contributed by atoms with van der Waals surface area (Å²) < 4.78 is 9.81. The van der Waals surface area contributed by atoms with Crippen LogP contribution >= 0.6 is 0 Å². The van der Waals surface area contributed by atoms with Gasteiger partial charge >= 0.3 is 0 Å². The molecule has 0 atom stereocenters. The van der Waals surface area contributed by atoms with Crippen molar-refractivity contribution in [2.75, 3.05) is 0 Å². The average molecular weight is 997 g/mol. The summed E-state index contributed by atoms with van der Waals surface area (Å²) in [4.78, 5) is 0. The summed E-state index contributed by atoms with van der Waals surface area (Å²) in [5.41, 5.74) is 14.0. The fourth-order valence-corrected chi connectivity index (χ4v) is 18.0. The molecule has 12 aromatic carbocycles. The summed E-state index contributed by atoms with van der Waals surface area (Å²) in [7, 11) is -2.69. The quantitative estimate of drug-likeness (QED) is 0.107. The molecule has 0 unspecified atom stereocenters. The molecule has 360 valence electrons. The number of fused-ring (bicyclic) bond motifs is 12. The fraction of sp³-hybridized carbons (Fsp3) is 0. The van der Waals surface area contributed by atoms with Gasteiger partial charge in [-0.1, -0.05) is 194 Å². The van der Waals surface area contributed by atoms with Crippen molar-refractivity contribution in [2.45, 2.75) is 0 Å². The monoisotopic (exact) mass is 996 g/mol. The van der Waals surface area contributed by atoms with Crippen molar-refractivity contribution in [2.24, 2.45) is 0 Å². The third-order valence-electron chi connectivity index (χ3n) is 16.5. The number of hydrogen-bond acceptors (Lipinski definition) is 0. The smallest absolute Gasteiger partial charge is 0.179 e. The minimum Gasteiger partial charge on any atom is -0.309 e. The standard InChI is InChI=1S/C72H48N4Si/c1-5-21-49(22-6-1)74-66-34-18-15-31-59(66)63-47-64-60-32-16-20-36-68(60)76(72(64)48-71(63)74)52-40-44-70-62(46-52)58-30-14-19-35-67(58)75(70)51-39-43-69-61(45-51)57-29-13-17-33-65(57)73(69)50-37-41-56(42-38-50)77(53-23-7-2-8-24-53,54-25-9-3-10-26-54)55-27-11-4-12-28-55/h1-48H. The largest absolute Gasteiger partial charge is 0.309 e. The molecule has 0 spiro atoms. The lowest BCUT2D eigenvalue weighted by molar-refractivity contribution is 1.16. The van der Waals surface area contributed by atoms with Crippen LogP contribution in [-0.2, 0) is 0 Å². The van der Waals surface area contributed by atoms with Crippen LogP contribution in [-0.4, -0.2) is 26.3 Å². The van der Waals surface area contributed by atoms with Crippen LogP contribution in [0.15, 0.2) is 291 Å². The predicted octanol–water partition coefficient (Wildman–Crippen LogP) is 15.5. The Bertz CT molecular complexity index is 4850. The van der Waals surface area contributed by atoms with Crippen LogP contribution in [0.3, 0.4) is 0 Å². The van der Waals surface area contributed by atoms with E-state index in [4.69, 9.17) is 0 Å². The van der Waals surface area contributed by atoms with Gasteiger partial charge in [-0.05, 0) is 118 Å². The SMILES string of the molecule is c1ccc(-n2c3ccccc3c3cc4c5ccccc5n(-c5ccc6c(c5)c5ccccc5n6-c5ccc6c(c5)c5ccccc5n6-c5ccc([Si](c6ccccc6)(c6ccccc6)c6ccccc6)cc5)c4cc32)cc1. The van der Waals surface area contributed by atoms with Gasteiger partial charge in [0.1, 0.15) is 0 Å². The second kappa shape index (κ2) is 17.0. The Morgan fingerprint density at radius 3 is 0.857 bits per heavy atom. The van der Waals surface area contributed by atoms with E-state index in [0.717, 1.165) is 22.7 Å². The Labute approximate surface area is 445 Å². The molecule has 0 aliphatic rings. The zero-order valence-electron chi connectivity index (χ0n) is 42.0. The maximum absolute atomic E-state index is 2.69. The van der Waals surface area contributed by atoms with E-state index >= 15 is 0 Å². The van der Waals surface area contributed by atoms with Crippen molar-refractivity contribution in [1.82, 2.24) is 18.3 Å². The van der Waals surface area contributed by atoms with Gasteiger partial charge in [-0.3, -0.25) is 0 Å². The molecule has 16 aromatic rings. The molecule has 0 bridgehead atoms. The van der Waals surface area contributed by atoms with E-state index in [1.54, 1.807) is 0 Å². The van der Waals surface area contributed by atoms with Gasteiger partial charge in [0.25, 0.3) is 0 Å². The van der Waals surface area contributed by atoms with Gasteiger partial charge in [0.15, 0.2) is 8.07 Å². The van der Waals surface area contributed by atoms with Crippen LogP contribution < -0.4 is 20.7 Å². The highest BCUT2D eigenvalue weighted by Crippen LogP contribution is 2.42. The van der Waals surface area contributed by atoms with Crippen molar-refractivity contribution in [1.29, 1.82) is 0 Å². The van der Waals surface area contributed by atoms with Crippen molar-refractivity contribution >= 4 is 116 Å². The average Bonchev–Trinajstić information content (AvgIpc) is 4.45. The molecule has 77 heavy (non-hydrogen) atoms. The summed E-state index contributed by atoms with van der Waals surface area (Å²) in [6.07, 6.45) is 0. The zero-order valence-corrected chi connectivity index (χ0v) is 43.0. The van der Waals surface area contributed by atoms with Crippen LogP contribution in [0.5, 0.6) is 0 Å². The van der Waals surface area contributed by atoms with Gasteiger partial charge < -0.3 is 18.3 Å². The highest BCUT2D eigenvalue weighted by atomic mass is 28.3. The minimum atomic E-state index is -2.69. The molecule has 0 saturated heterocycles. The third kappa shape index (κ3) is 6.38. The normalized spacial score (nSPS) is 12.2. The van der Waals surface area contributed by atoms with Crippen molar-refractivity contribution in [3.63, 3.8) is 0 Å². The Morgan fingerprint density at radius 1 is 0.169 bits per heavy atom. The van der Waals surface area contributed by atoms with E-state index in [-0.39, 0.29) is 0 Å². The molecular weight excluding hydrogens is 949 g/mol. The molecule has 0 saturated carbocycles. The molecule has 0 aliphatic carbocycles. The number of aromatic nitrogens is 4. The van der Waals surface area contributed by atoms with Crippen molar-refractivity contribution in [3.05, 3.63) is 291 Å². The number of benzene rings is 12. The van der Waals surface area contributed by atoms with Crippen molar-refractivity contribution < 1.29 is 0 Å². The molecule has 0 radical (unpaired) electrons. The van der Waals surface area contributed by atoms with Crippen LogP contribution in [0.25, 0.3) is 110 Å². The lowest BCUT2D eigenvalue weighted by Crippen LogP contribution is -2.74. The first-order valence-electron chi connectivity index (χ1n) is 26.6. The number of hydrogen-bond donors (Lipinski definition) is 0. The number of para-hydroxylation sites is 5. The lowest BCUT2D eigenvalue weighted by Gasteiger charge is -2.34. The molecule has 0 fully saturated rings. The van der Waals surface area contributed by atoms with Gasteiger partial charge in [0.2, 0.25) is 0 Å². The molecule has 0 aliphatic heterocycles. The molecule has 0 N–H and O–H groups in total. The van der Waals surface area contributed by atoms with E-state index < -0.39 is 8.07 Å². The Kier molecular flexibility index (Phi) is 9.62. The summed E-state index contributed by atoms with van der Waals surface area (Å²) in [6, 6.07) is 108. The van der Waals surface area contributed by atoms with E-state index in [1.165, 1.54) is 108 Å². The zero-order chi connectivity index (χ0) is 50.6. The van der Waals surface area contributed by atoms with E-state index in [0.29, 0.717) is 0 Å². The topological polar surface area (TPSA) is 19.7 Å². The highest BCUT2D eigenvalue weighted by Gasteiger charge is 2.41. The minimum absolute atomic E-state index is 1.13. The van der Waals surface area contributed by atoms with Gasteiger partial charge in [-0.2, -0.15) is 0 Å². The molecule has 0 amide bonds. The van der Waals surface area contributed by atoms with Crippen LogP contribution in [0.2, 0.25) is 0 Å². The van der Waals surface area contributed by atoms with Gasteiger partial charge in [-0.25, -0.2) is 0 Å². The predicted molar refractivity (Wildman–Crippen MR) is 327 cm³/mol. The molecule has 4 heterocycles. The molecule has 16 rings (SSSR count). The molecule has 4 aromatic heterocycles. The molecule has 4 nitrogen and oxygen atoms in total. The second-order valence-electron chi connectivity index (χ2n) is 20.4. The Morgan fingerprint density at radius 2 is 0.442 bits per heavy atom. The van der Waals surface area contributed by atoms with Crippen LogP contribution in [0.1, 0.15) is 0 Å². The summed E-state index contributed by atoms with van der Waals surface area (Å²) >= 11 is 0. The maximum Gasteiger partial charge on any atom is 0.179 e. The third-order valence-corrected chi connectivity index (χ3v) is 21.3. The molecular formula is C72H48N4Si. The first-order valence-corrected chi connectivity index (χ1v) is 28.6. The van der Waals surface area contributed by atoms with Crippen LogP contribution in [0.4, 0.5) is 0 Å². The summed E-state index contributed by atoms with van der Waals surface area (Å²) in [6.45, 7) is 0. The maximum atomic E-state index is 2.48. The first-order chi connectivity index (χ1) is 38.2. The van der Waals surface area contributed by atoms with Gasteiger partial charge in [-0.15, -0.1) is 0 Å². The fourth-order valence-electron chi connectivity index (χ4n) is 13.2. The number of rotatable bonds is 8. The molecule has 5 heteroatoms. The first kappa shape index (κ1) is 43.5. The number of nitrogens with zero attached hydrogens (tertiary/aromatic N) is 4. The van der Waals surface area contributed by atoms with E-state index in [9.17, 15) is 0 Å². The summed E-state index contributed by atoms with van der Waals surface area (Å²) in [5, 5.41) is 15.3. The summed E-state index contributed by atoms with van der Waals surface area (Å²) in [5.74, 6) is 0. The van der Waals surface area contributed by atoms with Crippen LogP contribution in [0, 0.1) is 0 Å². The van der Waals surface area contributed by atoms with Gasteiger partial charge in [0.05, 0.1) is 44.1 Å². The van der Waals surface area contributed by atoms with E-state index in [2.05, 4.69) is 309 Å².